The van der Waals surface area contributed by atoms with Crippen molar-refractivity contribution in [1.82, 2.24) is 0 Å². The van der Waals surface area contributed by atoms with Crippen molar-refractivity contribution in [3.8, 4) is 0 Å². The van der Waals surface area contributed by atoms with Crippen LogP contribution in [0.1, 0.15) is 39.2 Å². The molecule has 5 nitrogen and oxygen atoms in total. The van der Waals surface area contributed by atoms with E-state index in [1.165, 1.54) is 6.08 Å². The SMILES string of the molecule is CC(C)(C)OC(=O)/C=C1\CC[C@@H](O)[C@H](COCc2ccccc2)O1. The summed E-state index contributed by atoms with van der Waals surface area (Å²) in [5.41, 5.74) is 0.521. The standard InChI is InChI=1S/C19H26O5/c1-19(2,3)24-18(21)11-15-9-10-16(20)17(23-15)13-22-12-14-7-5-4-6-8-14/h4-8,11,16-17,20H,9-10,12-13H2,1-3H3/b15-11+/t16-,17+/m1/s1. The lowest BCUT2D eigenvalue weighted by atomic mass is 10.0. The number of ether oxygens (including phenoxy) is 3. The fourth-order valence-corrected chi connectivity index (χ4v) is 2.39. The van der Waals surface area contributed by atoms with E-state index in [0.717, 1.165) is 5.56 Å². The van der Waals surface area contributed by atoms with Gasteiger partial charge >= 0.3 is 5.97 Å². The minimum Gasteiger partial charge on any atom is -0.489 e. The number of hydrogen-bond donors (Lipinski definition) is 1. The quantitative estimate of drug-likeness (QED) is 0.662. The number of aliphatic hydroxyl groups is 1. The summed E-state index contributed by atoms with van der Waals surface area (Å²) in [6.45, 7) is 6.17. The molecule has 1 N–H and O–H groups in total. The number of rotatable bonds is 5. The van der Waals surface area contributed by atoms with Crippen molar-refractivity contribution in [2.45, 2.75) is 58.0 Å². The van der Waals surface area contributed by atoms with Crippen molar-refractivity contribution in [2.24, 2.45) is 0 Å². The van der Waals surface area contributed by atoms with Crippen LogP contribution in [-0.2, 0) is 25.6 Å². The van der Waals surface area contributed by atoms with Crippen LogP contribution in [0.15, 0.2) is 42.2 Å². The van der Waals surface area contributed by atoms with Gasteiger partial charge in [-0.25, -0.2) is 4.79 Å². The van der Waals surface area contributed by atoms with Crippen LogP contribution >= 0.6 is 0 Å². The minimum absolute atomic E-state index is 0.266. The van der Waals surface area contributed by atoms with E-state index in [2.05, 4.69) is 0 Å². The zero-order valence-corrected chi connectivity index (χ0v) is 14.5. The van der Waals surface area contributed by atoms with Crippen LogP contribution in [0.3, 0.4) is 0 Å². The Kier molecular flexibility index (Phi) is 6.40. The number of benzene rings is 1. The zero-order valence-electron chi connectivity index (χ0n) is 14.5. The van der Waals surface area contributed by atoms with Gasteiger partial charge < -0.3 is 19.3 Å². The number of carbonyl (C=O) groups excluding carboxylic acids is 1. The van der Waals surface area contributed by atoms with Crippen molar-refractivity contribution in [1.29, 1.82) is 0 Å². The average Bonchev–Trinajstić information content (AvgIpc) is 2.49. The molecule has 1 fully saturated rings. The Bertz CT molecular complexity index is 559. The van der Waals surface area contributed by atoms with E-state index in [-0.39, 0.29) is 6.61 Å². The van der Waals surface area contributed by atoms with Gasteiger partial charge in [0.25, 0.3) is 0 Å². The van der Waals surface area contributed by atoms with Gasteiger partial charge in [0.15, 0.2) is 0 Å². The fraction of sp³-hybridized carbons (Fsp3) is 0.526. The monoisotopic (exact) mass is 334 g/mol. The molecule has 1 saturated heterocycles. The molecule has 2 rings (SSSR count). The number of carbonyl (C=O) groups is 1. The van der Waals surface area contributed by atoms with Gasteiger partial charge in [-0.15, -0.1) is 0 Å². The minimum atomic E-state index is -0.600. The van der Waals surface area contributed by atoms with Crippen molar-refractivity contribution in [3.05, 3.63) is 47.7 Å². The Morgan fingerprint density at radius 2 is 2.04 bits per heavy atom. The molecule has 1 aliphatic rings. The molecule has 0 aromatic heterocycles. The summed E-state index contributed by atoms with van der Waals surface area (Å²) in [6.07, 6.45) is 1.33. The Hall–Kier alpha value is -1.85. The maximum absolute atomic E-state index is 11.8. The highest BCUT2D eigenvalue weighted by atomic mass is 16.6. The second-order valence-electron chi connectivity index (χ2n) is 6.91. The molecule has 1 heterocycles. The molecule has 2 atom stereocenters. The molecular formula is C19H26O5. The van der Waals surface area contributed by atoms with E-state index in [1.54, 1.807) is 0 Å². The first-order valence-corrected chi connectivity index (χ1v) is 8.23. The Labute approximate surface area is 143 Å². The zero-order chi connectivity index (χ0) is 17.6. The average molecular weight is 334 g/mol. The maximum Gasteiger partial charge on any atom is 0.334 e. The highest BCUT2D eigenvalue weighted by Crippen LogP contribution is 2.23. The Balaban J connectivity index is 1.85. The molecule has 0 radical (unpaired) electrons. The number of hydrogen-bond acceptors (Lipinski definition) is 5. The molecule has 0 saturated carbocycles. The van der Waals surface area contributed by atoms with Gasteiger partial charge in [-0.1, -0.05) is 30.3 Å². The fourth-order valence-electron chi connectivity index (χ4n) is 2.39. The summed E-state index contributed by atoms with van der Waals surface area (Å²) in [5, 5.41) is 10.1. The van der Waals surface area contributed by atoms with Gasteiger partial charge in [0.2, 0.25) is 0 Å². The molecule has 0 bridgehead atoms. The summed E-state index contributed by atoms with van der Waals surface area (Å²) in [6, 6.07) is 9.81. The molecule has 1 aliphatic heterocycles. The third-order valence-corrected chi connectivity index (χ3v) is 3.50. The molecule has 5 heteroatoms. The third kappa shape index (κ3) is 6.34. The largest absolute Gasteiger partial charge is 0.489 e. The Morgan fingerprint density at radius 3 is 2.71 bits per heavy atom. The van der Waals surface area contributed by atoms with Crippen LogP contribution in [-0.4, -0.2) is 35.5 Å². The van der Waals surface area contributed by atoms with Gasteiger partial charge in [0, 0.05) is 6.42 Å². The smallest absolute Gasteiger partial charge is 0.334 e. The van der Waals surface area contributed by atoms with E-state index >= 15 is 0 Å². The molecular weight excluding hydrogens is 308 g/mol. The van der Waals surface area contributed by atoms with E-state index in [1.807, 2.05) is 51.1 Å². The van der Waals surface area contributed by atoms with Crippen LogP contribution in [0.5, 0.6) is 0 Å². The Morgan fingerprint density at radius 1 is 1.33 bits per heavy atom. The predicted molar refractivity (Wildman–Crippen MR) is 90.1 cm³/mol. The van der Waals surface area contributed by atoms with Gasteiger partial charge in [-0.05, 0) is 32.8 Å². The topological polar surface area (TPSA) is 65.0 Å². The lowest BCUT2D eigenvalue weighted by molar-refractivity contribution is -0.149. The summed E-state index contributed by atoms with van der Waals surface area (Å²) in [4.78, 5) is 11.8. The normalized spacial score (nSPS) is 22.9. The first-order valence-electron chi connectivity index (χ1n) is 8.23. The lowest BCUT2D eigenvalue weighted by Crippen LogP contribution is -2.37. The molecule has 1 aromatic rings. The maximum atomic E-state index is 11.8. The molecule has 24 heavy (non-hydrogen) atoms. The van der Waals surface area contributed by atoms with E-state index < -0.39 is 23.8 Å². The first kappa shape index (κ1) is 18.5. The summed E-state index contributed by atoms with van der Waals surface area (Å²) < 4.78 is 16.6. The molecule has 132 valence electrons. The second-order valence-corrected chi connectivity index (χ2v) is 6.91. The van der Waals surface area contributed by atoms with Crippen LogP contribution in [0, 0.1) is 0 Å². The van der Waals surface area contributed by atoms with Crippen LogP contribution in [0.4, 0.5) is 0 Å². The van der Waals surface area contributed by atoms with Crippen LogP contribution in [0.2, 0.25) is 0 Å². The molecule has 0 spiro atoms. The van der Waals surface area contributed by atoms with Crippen molar-refractivity contribution in [3.63, 3.8) is 0 Å². The van der Waals surface area contributed by atoms with Gasteiger partial charge in [-0.2, -0.15) is 0 Å². The molecule has 1 aromatic carbocycles. The van der Waals surface area contributed by atoms with Gasteiger partial charge in [-0.3, -0.25) is 0 Å². The van der Waals surface area contributed by atoms with Gasteiger partial charge in [0.05, 0.1) is 25.4 Å². The second kappa shape index (κ2) is 8.31. The van der Waals surface area contributed by atoms with Crippen molar-refractivity contribution < 1.29 is 24.1 Å². The molecule has 0 amide bonds. The number of aliphatic hydroxyl groups excluding tert-OH is 1. The van der Waals surface area contributed by atoms with Crippen LogP contribution in [0.25, 0.3) is 0 Å². The van der Waals surface area contributed by atoms with Crippen molar-refractivity contribution in [2.75, 3.05) is 6.61 Å². The summed E-state index contributed by atoms with van der Waals surface area (Å²) in [7, 11) is 0. The third-order valence-electron chi connectivity index (χ3n) is 3.50. The highest BCUT2D eigenvalue weighted by molar-refractivity contribution is 5.82. The van der Waals surface area contributed by atoms with Crippen molar-refractivity contribution >= 4 is 5.97 Å². The van der Waals surface area contributed by atoms with E-state index in [4.69, 9.17) is 14.2 Å². The number of allylic oxidation sites excluding steroid dienone is 1. The van der Waals surface area contributed by atoms with E-state index in [0.29, 0.717) is 25.2 Å². The summed E-state index contributed by atoms with van der Waals surface area (Å²) >= 11 is 0. The highest BCUT2D eigenvalue weighted by Gasteiger charge is 2.28. The molecule has 0 unspecified atom stereocenters. The lowest BCUT2D eigenvalue weighted by Gasteiger charge is -2.30. The summed E-state index contributed by atoms with van der Waals surface area (Å²) in [5.74, 6) is 0.0979. The van der Waals surface area contributed by atoms with E-state index in [9.17, 15) is 9.90 Å². The van der Waals surface area contributed by atoms with Gasteiger partial charge in [0.1, 0.15) is 17.5 Å². The predicted octanol–water partition coefficient (Wildman–Crippen LogP) is 2.97. The van der Waals surface area contributed by atoms with Crippen LogP contribution < -0.4 is 0 Å². The number of esters is 1. The first-order chi connectivity index (χ1) is 11.3. The molecule has 0 aliphatic carbocycles.